The van der Waals surface area contributed by atoms with Crippen LogP contribution in [0.2, 0.25) is 0 Å². The first kappa shape index (κ1) is 34.2. The number of aromatic nitrogens is 4. The minimum atomic E-state index is -0.171. The summed E-state index contributed by atoms with van der Waals surface area (Å²) in [6.45, 7) is 10.5. The smallest absolute Gasteiger partial charge is 0.234 e. The van der Waals surface area contributed by atoms with Gasteiger partial charge in [0.2, 0.25) is 22.2 Å². The predicted molar refractivity (Wildman–Crippen MR) is 203 cm³/mol. The summed E-state index contributed by atoms with van der Waals surface area (Å²) in [5, 5.41) is 35.5. The number of nitrogens with zero attached hydrogens (tertiary/aromatic N) is 12. The molecule has 14 nitrogen and oxygen atoms in total. The highest BCUT2D eigenvalue weighted by Gasteiger charge is 2.39. The van der Waals surface area contributed by atoms with E-state index in [2.05, 4.69) is 42.3 Å². The maximum absolute atomic E-state index is 5.77. The molecule has 0 N–H and O–H groups in total. The van der Waals surface area contributed by atoms with Crippen molar-refractivity contribution in [2.75, 3.05) is 40.4 Å². The molecule has 0 saturated carbocycles. The number of aryl methyl sites for hydroxylation is 2. The Morgan fingerprint density at radius 2 is 1.02 bits per heavy atom. The zero-order chi connectivity index (χ0) is 34.8. The number of piperazine rings is 1. The van der Waals surface area contributed by atoms with Crippen molar-refractivity contribution < 1.29 is 9.47 Å². The highest BCUT2D eigenvalue weighted by Crippen LogP contribution is 2.45. The van der Waals surface area contributed by atoms with Crippen LogP contribution in [0.4, 0.5) is 10.3 Å². The van der Waals surface area contributed by atoms with E-state index >= 15 is 0 Å². The number of ether oxygens (including phenoxy) is 2. The van der Waals surface area contributed by atoms with Crippen LogP contribution in [0.25, 0.3) is 0 Å². The molecule has 3 aliphatic heterocycles. The van der Waals surface area contributed by atoms with E-state index in [1.807, 2.05) is 74.1 Å². The monoisotopic (exact) mass is 748 g/mol. The minimum Gasteiger partial charge on any atom is -0.496 e. The number of guanidine groups is 2. The fourth-order valence-electron chi connectivity index (χ4n) is 5.78. The largest absolute Gasteiger partial charge is 0.496 e. The summed E-state index contributed by atoms with van der Waals surface area (Å²) in [7, 11) is 3.39. The second-order valence-corrected chi connectivity index (χ2v) is 16.2. The quantitative estimate of drug-likeness (QED) is 0.158. The van der Waals surface area contributed by atoms with E-state index in [0.29, 0.717) is 48.4 Å². The Bertz CT molecular complexity index is 1830. The molecule has 0 radical (unpaired) electrons. The molecule has 2 aromatic carbocycles. The molecule has 3 aliphatic rings. The molecule has 0 bridgehead atoms. The summed E-state index contributed by atoms with van der Waals surface area (Å²) in [4.78, 5) is 14.7. The van der Waals surface area contributed by atoms with Gasteiger partial charge in [0.15, 0.2) is 0 Å². The average Bonchev–Trinajstić information content (AvgIpc) is 3.93. The Balaban J connectivity index is 1.22. The van der Waals surface area contributed by atoms with Crippen LogP contribution >= 0.6 is 46.2 Å². The molecule has 260 valence electrons. The normalized spacial score (nSPS) is 20.0. The van der Waals surface area contributed by atoms with Crippen LogP contribution in [-0.2, 0) is 0 Å². The van der Waals surface area contributed by atoms with Crippen molar-refractivity contribution in [3.05, 3.63) is 69.7 Å². The Hall–Kier alpha value is -4.26. The summed E-state index contributed by atoms with van der Waals surface area (Å²) in [5.41, 5.74) is 2.04. The van der Waals surface area contributed by atoms with Gasteiger partial charge in [-0.1, -0.05) is 82.6 Å². The lowest BCUT2D eigenvalue weighted by atomic mass is 10.2. The van der Waals surface area contributed by atoms with Gasteiger partial charge >= 0.3 is 0 Å². The molecule has 18 heteroatoms. The molecular formula is C32H36N12O2S4. The Labute approximate surface area is 307 Å². The van der Waals surface area contributed by atoms with Gasteiger partial charge in [-0.25, -0.2) is 10.0 Å². The number of thioether (sulfide) groups is 2. The van der Waals surface area contributed by atoms with Crippen molar-refractivity contribution in [1.29, 1.82) is 0 Å². The van der Waals surface area contributed by atoms with E-state index in [-0.39, 0.29) is 10.7 Å². The number of methoxy groups -OCH3 is 2. The van der Waals surface area contributed by atoms with Gasteiger partial charge in [0, 0.05) is 37.3 Å². The fourth-order valence-corrected chi connectivity index (χ4v) is 8.93. The summed E-state index contributed by atoms with van der Waals surface area (Å²) in [6.07, 6.45) is 0. The molecule has 5 heterocycles. The molecule has 7 rings (SSSR count). The maximum atomic E-state index is 5.77. The second kappa shape index (κ2) is 14.9. The molecule has 2 atom stereocenters. The van der Waals surface area contributed by atoms with Gasteiger partial charge in [-0.05, 0) is 39.8 Å². The third kappa shape index (κ3) is 7.15. The van der Waals surface area contributed by atoms with Gasteiger partial charge in [0.05, 0.1) is 24.3 Å². The summed E-state index contributed by atoms with van der Waals surface area (Å²) >= 11 is 6.25. The van der Waals surface area contributed by atoms with Crippen LogP contribution in [0.3, 0.4) is 0 Å². The number of hydrogen-bond donors (Lipinski definition) is 0. The number of benzene rings is 2. The van der Waals surface area contributed by atoms with Crippen LogP contribution in [0, 0.1) is 13.8 Å². The van der Waals surface area contributed by atoms with Gasteiger partial charge in [-0.3, -0.25) is 0 Å². The summed E-state index contributed by atoms with van der Waals surface area (Å²) in [6, 6.07) is 16.1. The molecule has 1 fully saturated rings. The first-order valence-electron chi connectivity index (χ1n) is 15.9. The zero-order valence-corrected chi connectivity index (χ0v) is 31.7. The average molecular weight is 749 g/mol. The highest BCUT2D eigenvalue weighted by atomic mass is 32.2. The Morgan fingerprint density at radius 1 is 0.620 bits per heavy atom. The van der Waals surface area contributed by atoms with E-state index in [4.69, 9.17) is 29.7 Å². The van der Waals surface area contributed by atoms with Crippen molar-refractivity contribution in [3.63, 3.8) is 0 Å². The fraction of sp³-hybridized carbons (Fsp3) is 0.375. The van der Waals surface area contributed by atoms with Gasteiger partial charge in [-0.2, -0.15) is 20.2 Å². The van der Waals surface area contributed by atoms with Crippen LogP contribution in [0.5, 0.6) is 11.5 Å². The maximum Gasteiger partial charge on any atom is 0.234 e. The topological polar surface area (TPSA) is 132 Å². The minimum absolute atomic E-state index is 0.171. The molecular weight excluding hydrogens is 713 g/mol. The standard InChI is InChI=1S/C32H36N12O2S4/c1-19-35-37-29(49-19)33-31(43-27(47-21(3)39-43)23-11-7-9-13-25(23)45-5)41-15-17-42(18-16-41)32(34-30-38-36-20(2)50-30)44-28(48-22(4)40-44)24-12-8-10-14-26(24)46-6/h7-14,27-28H,15-18H2,1-6H3/b33-31-,34-32+. The third-order valence-electron chi connectivity index (χ3n) is 7.99. The molecule has 1 saturated heterocycles. The molecule has 0 spiro atoms. The highest BCUT2D eigenvalue weighted by molar-refractivity contribution is 8.14. The second-order valence-electron chi connectivity index (χ2n) is 11.4. The molecule has 2 aromatic heterocycles. The van der Waals surface area contributed by atoms with Crippen molar-refractivity contribution in [3.8, 4) is 11.5 Å². The van der Waals surface area contributed by atoms with Gasteiger partial charge < -0.3 is 19.3 Å². The number of rotatable bonds is 6. The van der Waals surface area contributed by atoms with E-state index in [1.54, 1.807) is 37.7 Å². The van der Waals surface area contributed by atoms with E-state index in [1.165, 1.54) is 22.7 Å². The molecule has 4 aromatic rings. The van der Waals surface area contributed by atoms with Crippen LogP contribution in [-0.4, -0.2) is 103 Å². The zero-order valence-electron chi connectivity index (χ0n) is 28.4. The Kier molecular flexibility index (Phi) is 10.2. The molecule has 0 aliphatic carbocycles. The van der Waals surface area contributed by atoms with Crippen molar-refractivity contribution in [2.45, 2.75) is 38.4 Å². The SMILES string of the molecule is COc1ccccc1C1SC(C)=NN1/C(=N\c1nnc(C)s1)N1CCN(/C(=N\c2nnc(C)s2)N2N=C(C)SC2c2ccccc2OC)CC1. The Morgan fingerprint density at radius 3 is 1.38 bits per heavy atom. The van der Waals surface area contributed by atoms with Gasteiger partial charge in [0.25, 0.3) is 0 Å². The van der Waals surface area contributed by atoms with Crippen molar-refractivity contribution in [2.24, 2.45) is 20.2 Å². The number of hydrogen-bond acceptors (Lipinski definition) is 14. The van der Waals surface area contributed by atoms with Crippen molar-refractivity contribution in [1.82, 2.24) is 40.2 Å². The van der Waals surface area contributed by atoms with Gasteiger partial charge in [-0.15, -0.1) is 20.4 Å². The summed E-state index contributed by atoms with van der Waals surface area (Å²) in [5.74, 6) is 3.01. The van der Waals surface area contributed by atoms with E-state index in [9.17, 15) is 0 Å². The number of para-hydroxylation sites is 2. The van der Waals surface area contributed by atoms with E-state index < -0.39 is 0 Å². The summed E-state index contributed by atoms with van der Waals surface area (Å²) < 4.78 is 11.5. The van der Waals surface area contributed by atoms with Crippen molar-refractivity contribution >= 4 is 78.5 Å². The number of aliphatic imine (C=N–C) groups is 2. The number of hydrazone groups is 2. The lowest BCUT2D eigenvalue weighted by molar-refractivity contribution is 0.208. The first-order valence-corrected chi connectivity index (χ1v) is 19.3. The lowest BCUT2D eigenvalue weighted by Crippen LogP contribution is -2.56. The lowest BCUT2D eigenvalue weighted by Gasteiger charge is -2.41. The van der Waals surface area contributed by atoms with E-state index in [0.717, 1.165) is 42.7 Å². The van der Waals surface area contributed by atoms with Crippen LogP contribution in [0.1, 0.15) is 45.7 Å². The molecule has 2 unspecified atom stereocenters. The van der Waals surface area contributed by atoms with Crippen LogP contribution < -0.4 is 9.47 Å². The third-order valence-corrected chi connectivity index (χ3v) is 11.7. The van der Waals surface area contributed by atoms with Crippen LogP contribution in [0.15, 0.2) is 68.7 Å². The predicted octanol–water partition coefficient (Wildman–Crippen LogP) is 6.48. The van der Waals surface area contributed by atoms with Gasteiger partial charge in [0.1, 0.15) is 32.3 Å². The first-order chi connectivity index (χ1) is 24.3. The molecule has 50 heavy (non-hydrogen) atoms. The molecule has 0 amide bonds.